The van der Waals surface area contributed by atoms with Crippen molar-refractivity contribution in [1.29, 1.82) is 0 Å². The Morgan fingerprint density at radius 3 is 2.63 bits per heavy atom. The summed E-state index contributed by atoms with van der Waals surface area (Å²) in [6.45, 7) is 7.04. The number of aromatic nitrogens is 1. The minimum absolute atomic E-state index is 0.0636. The minimum atomic E-state index is -4.44. The molecule has 0 saturated carbocycles. The number of guanidine groups is 1. The molecule has 0 radical (unpaired) electrons. The predicted molar refractivity (Wildman–Crippen MR) is 106 cm³/mol. The van der Waals surface area contributed by atoms with E-state index in [1.54, 1.807) is 6.26 Å². The molecule has 0 amide bonds. The molecule has 2 aromatic rings. The van der Waals surface area contributed by atoms with Crippen molar-refractivity contribution in [2.24, 2.45) is 4.99 Å². The third-order valence-corrected chi connectivity index (χ3v) is 4.69. The molecule has 1 aliphatic rings. The monoisotopic (exact) mass is 425 g/mol. The summed E-state index contributed by atoms with van der Waals surface area (Å²) in [5.41, 5.74) is 0.129. The zero-order valence-corrected chi connectivity index (χ0v) is 16.9. The van der Waals surface area contributed by atoms with Crippen LogP contribution < -0.4 is 10.1 Å². The van der Waals surface area contributed by atoms with Gasteiger partial charge >= 0.3 is 6.18 Å². The number of ether oxygens (including phenoxy) is 1. The van der Waals surface area contributed by atoms with Crippen molar-refractivity contribution in [2.45, 2.75) is 19.6 Å². The summed E-state index contributed by atoms with van der Waals surface area (Å²) in [6.07, 6.45) is -2.88. The molecule has 1 aliphatic heterocycles. The Hall–Kier alpha value is -2.75. The number of halogens is 3. The SMILES string of the molecule is CCNC(=NCCOc1ccccc1C(F)(F)F)N1CCN(Cc2ccon2)CC1. The van der Waals surface area contributed by atoms with Crippen molar-refractivity contribution in [2.75, 3.05) is 45.9 Å². The summed E-state index contributed by atoms with van der Waals surface area (Å²) in [5.74, 6) is 0.568. The Morgan fingerprint density at radius 2 is 1.97 bits per heavy atom. The van der Waals surface area contributed by atoms with Gasteiger partial charge in [-0.3, -0.25) is 4.90 Å². The van der Waals surface area contributed by atoms with E-state index in [1.165, 1.54) is 18.2 Å². The number of para-hydroxylation sites is 1. The molecular formula is C20H26F3N5O2. The van der Waals surface area contributed by atoms with Crippen molar-refractivity contribution in [3.63, 3.8) is 0 Å². The zero-order valence-electron chi connectivity index (χ0n) is 16.9. The number of piperazine rings is 1. The lowest BCUT2D eigenvalue weighted by atomic mass is 10.2. The first-order chi connectivity index (χ1) is 14.5. The molecule has 1 fully saturated rings. The molecule has 164 valence electrons. The van der Waals surface area contributed by atoms with Crippen molar-refractivity contribution >= 4 is 5.96 Å². The van der Waals surface area contributed by atoms with Gasteiger partial charge in [-0.05, 0) is 19.1 Å². The van der Waals surface area contributed by atoms with Gasteiger partial charge in [0.2, 0.25) is 0 Å². The topological polar surface area (TPSA) is 66.1 Å². The molecule has 0 aliphatic carbocycles. The Balaban J connectivity index is 1.51. The Kier molecular flexibility index (Phi) is 7.56. The van der Waals surface area contributed by atoms with Gasteiger partial charge in [-0.2, -0.15) is 13.2 Å². The maximum absolute atomic E-state index is 13.0. The van der Waals surface area contributed by atoms with E-state index in [0.717, 1.165) is 50.4 Å². The molecule has 1 aromatic carbocycles. The third kappa shape index (κ3) is 6.12. The summed E-state index contributed by atoms with van der Waals surface area (Å²) in [7, 11) is 0. The lowest BCUT2D eigenvalue weighted by Gasteiger charge is -2.36. The van der Waals surface area contributed by atoms with Crippen molar-refractivity contribution in [3.05, 3.63) is 47.9 Å². The van der Waals surface area contributed by atoms with Crippen molar-refractivity contribution in [1.82, 2.24) is 20.3 Å². The maximum atomic E-state index is 13.0. The predicted octanol–water partition coefficient (Wildman–Crippen LogP) is 2.86. The van der Waals surface area contributed by atoms with E-state index in [1.807, 2.05) is 13.0 Å². The van der Waals surface area contributed by atoms with Crippen LogP contribution in [-0.4, -0.2) is 66.8 Å². The van der Waals surface area contributed by atoms with Crippen LogP contribution in [0.3, 0.4) is 0 Å². The van der Waals surface area contributed by atoms with Crippen LogP contribution in [0.5, 0.6) is 5.75 Å². The van der Waals surface area contributed by atoms with E-state index in [4.69, 9.17) is 9.26 Å². The first-order valence-corrected chi connectivity index (χ1v) is 9.91. The number of benzene rings is 1. The van der Waals surface area contributed by atoms with Crippen molar-refractivity contribution in [3.8, 4) is 5.75 Å². The number of nitrogens with zero attached hydrogens (tertiary/aromatic N) is 4. The molecule has 3 rings (SSSR count). The lowest BCUT2D eigenvalue weighted by Crippen LogP contribution is -2.52. The van der Waals surface area contributed by atoms with Gasteiger partial charge in [0.15, 0.2) is 5.96 Å². The average Bonchev–Trinajstić information content (AvgIpc) is 3.24. The summed E-state index contributed by atoms with van der Waals surface area (Å²) >= 11 is 0. The minimum Gasteiger partial charge on any atom is -0.491 e. The van der Waals surface area contributed by atoms with E-state index in [-0.39, 0.29) is 18.9 Å². The van der Waals surface area contributed by atoms with E-state index in [2.05, 4.69) is 25.3 Å². The molecule has 30 heavy (non-hydrogen) atoms. The summed E-state index contributed by atoms with van der Waals surface area (Å²) in [6, 6.07) is 7.07. The molecule has 1 saturated heterocycles. The van der Waals surface area contributed by atoms with Gasteiger partial charge < -0.3 is 19.5 Å². The molecular weight excluding hydrogens is 399 g/mol. The molecule has 1 N–H and O–H groups in total. The Labute approximate surface area is 173 Å². The van der Waals surface area contributed by atoms with Gasteiger partial charge in [-0.25, -0.2) is 4.99 Å². The van der Waals surface area contributed by atoms with Crippen LogP contribution in [0.25, 0.3) is 0 Å². The number of aliphatic imine (C=N–C) groups is 1. The summed E-state index contributed by atoms with van der Waals surface area (Å²) in [4.78, 5) is 8.96. The Morgan fingerprint density at radius 1 is 1.20 bits per heavy atom. The van der Waals surface area contributed by atoms with Crippen LogP contribution in [-0.2, 0) is 12.7 Å². The number of nitrogens with one attached hydrogen (secondary N) is 1. The molecule has 0 bridgehead atoms. The fourth-order valence-electron chi connectivity index (χ4n) is 3.23. The van der Waals surface area contributed by atoms with Crippen LogP contribution in [0.15, 0.2) is 46.1 Å². The highest BCUT2D eigenvalue weighted by molar-refractivity contribution is 5.80. The smallest absolute Gasteiger partial charge is 0.419 e. The van der Waals surface area contributed by atoms with E-state index in [0.29, 0.717) is 6.54 Å². The fraction of sp³-hybridized carbons (Fsp3) is 0.500. The van der Waals surface area contributed by atoms with Gasteiger partial charge in [0.05, 0.1) is 17.8 Å². The van der Waals surface area contributed by atoms with E-state index >= 15 is 0 Å². The lowest BCUT2D eigenvalue weighted by molar-refractivity contribution is -0.138. The highest BCUT2D eigenvalue weighted by Gasteiger charge is 2.33. The first kappa shape index (κ1) is 21.9. The molecule has 2 heterocycles. The zero-order chi connectivity index (χ0) is 21.4. The number of alkyl halides is 3. The Bertz CT molecular complexity index is 803. The second-order valence-electron chi connectivity index (χ2n) is 6.83. The molecule has 0 spiro atoms. The second kappa shape index (κ2) is 10.3. The highest BCUT2D eigenvalue weighted by atomic mass is 19.4. The molecule has 1 aromatic heterocycles. The summed E-state index contributed by atoms with van der Waals surface area (Å²) < 4.78 is 49.4. The van der Waals surface area contributed by atoms with Gasteiger partial charge in [0, 0.05) is 45.3 Å². The highest BCUT2D eigenvalue weighted by Crippen LogP contribution is 2.35. The van der Waals surface area contributed by atoms with Gasteiger partial charge in [0.25, 0.3) is 0 Å². The fourth-order valence-corrected chi connectivity index (χ4v) is 3.23. The third-order valence-electron chi connectivity index (χ3n) is 4.69. The largest absolute Gasteiger partial charge is 0.491 e. The molecule has 0 atom stereocenters. The van der Waals surface area contributed by atoms with Crippen LogP contribution in [0.4, 0.5) is 13.2 Å². The normalized spacial score (nSPS) is 16.0. The quantitative estimate of drug-likeness (QED) is 0.418. The van der Waals surface area contributed by atoms with Crippen LogP contribution >= 0.6 is 0 Å². The van der Waals surface area contributed by atoms with Crippen molar-refractivity contribution < 1.29 is 22.4 Å². The first-order valence-electron chi connectivity index (χ1n) is 9.91. The van der Waals surface area contributed by atoms with E-state index in [9.17, 15) is 13.2 Å². The average molecular weight is 425 g/mol. The number of hydrogen-bond acceptors (Lipinski definition) is 5. The van der Waals surface area contributed by atoms with Gasteiger partial charge in [-0.15, -0.1) is 0 Å². The van der Waals surface area contributed by atoms with Crippen LogP contribution in [0.1, 0.15) is 18.2 Å². The van der Waals surface area contributed by atoms with E-state index < -0.39 is 11.7 Å². The van der Waals surface area contributed by atoms with Gasteiger partial charge in [0.1, 0.15) is 18.6 Å². The molecule has 0 unspecified atom stereocenters. The van der Waals surface area contributed by atoms with Crippen LogP contribution in [0.2, 0.25) is 0 Å². The number of rotatable bonds is 7. The van der Waals surface area contributed by atoms with Gasteiger partial charge in [-0.1, -0.05) is 17.3 Å². The standard InChI is InChI=1S/C20H26F3N5O2/c1-2-24-19(28-11-9-27(10-12-28)15-16-7-13-30-26-16)25-8-14-29-18-6-4-3-5-17(18)20(21,22)23/h3-7,13H,2,8-12,14-15H2,1H3,(H,24,25). The molecule has 7 nitrogen and oxygen atoms in total. The summed E-state index contributed by atoms with van der Waals surface area (Å²) in [5, 5.41) is 7.18. The number of hydrogen-bond donors (Lipinski definition) is 1. The second-order valence-corrected chi connectivity index (χ2v) is 6.83. The molecule has 10 heteroatoms. The van der Waals surface area contributed by atoms with Crippen LogP contribution in [0, 0.1) is 0 Å². The maximum Gasteiger partial charge on any atom is 0.419 e.